The number of aliphatic hydroxyl groups is 1. The van der Waals surface area contributed by atoms with Gasteiger partial charge < -0.3 is 9.84 Å². The molecule has 0 radical (unpaired) electrons. The highest BCUT2D eigenvalue weighted by Crippen LogP contribution is 2.13. The summed E-state index contributed by atoms with van der Waals surface area (Å²) >= 11 is 0. The second kappa shape index (κ2) is 9.47. The van der Waals surface area contributed by atoms with Crippen molar-refractivity contribution in [2.24, 2.45) is 5.10 Å². The van der Waals surface area contributed by atoms with Gasteiger partial charge in [-0.15, -0.1) is 0 Å². The number of ether oxygens (including phenoxy) is 1. The number of unbranched alkanes of at least 4 members (excludes halogenated alkanes) is 1. The minimum atomic E-state index is -1.24. The molecule has 0 bridgehead atoms. The highest BCUT2D eigenvalue weighted by molar-refractivity contribution is 5.85. The van der Waals surface area contributed by atoms with Crippen molar-refractivity contribution >= 4 is 12.1 Å². The molecule has 0 saturated heterocycles. The van der Waals surface area contributed by atoms with Crippen molar-refractivity contribution in [3.63, 3.8) is 0 Å². The fourth-order valence-electron chi connectivity index (χ4n) is 2.00. The number of carbonyl (C=O) groups excluding carboxylic acids is 1. The Bertz CT molecular complexity index is 654. The monoisotopic (exact) mass is 326 g/mol. The highest BCUT2D eigenvalue weighted by Gasteiger charge is 2.15. The van der Waals surface area contributed by atoms with E-state index in [9.17, 15) is 9.90 Å². The van der Waals surface area contributed by atoms with E-state index in [1.165, 1.54) is 6.21 Å². The summed E-state index contributed by atoms with van der Waals surface area (Å²) < 4.78 is 5.58. The topological polar surface area (TPSA) is 70.9 Å². The summed E-state index contributed by atoms with van der Waals surface area (Å²) in [6.07, 6.45) is 2.40. The molecule has 0 spiro atoms. The van der Waals surface area contributed by atoms with Crippen LogP contribution in [-0.4, -0.2) is 23.8 Å². The van der Waals surface area contributed by atoms with Gasteiger partial charge in [0.2, 0.25) is 0 Å². The SMILES string of the molecule is CCCCOc1ccc(C=NNC(=O)C(O)c2ccccc2)cc1. The van der Waals surface area contributed by atoms with Crippen LogP contribution in [0, 0.1) is 0 Å². The quantitative estimate of drug-likeness (QED) is 0.445. The van der Waals surface area contributed by atoms with Crippen LogP contribution in [0.15, 0.2) is 59.7 Å². The number of rotatable bonds is 8. The number of benzene rings is 2. The summed E-state index contributed by atoms with van der Waals surface area (Å²) in [5.41, 5.74) is 3.69. The number of hydrogen-bond acceptors (Lipinski definition) is 4. The molecule has 0 fully saturated rings. The summed E-state index contributed by atoms with van der Waals surface area (Å²) in [4.78, 5) is 11.8. The average Bonchev–Trinajstić information content (AvgIpc) is 2.63. The van der Waals surface area contributed by atoms with Gasteiger partial charge in [-0.25, -0.2) is 5.43 Å². The van der Waals surface area contributed by atoms with Gasteiger partial charge in [0.25, 0.3) is 5.91 Å². The first-order valence-electron chi connectivity index (χ1n) is 7.99. The van der Waals surface area contributed by atoms with Crippen LogP contribution in [0.3, 0.4) is 0 Å². The molecule has 0 aliphatic carbocycles. The molecule has 1 atom stereocenters. The highest BCUT2D eigenvalue weighted by atomic mass is 16.5. The first-order chi connectivity index (χ1) is 11.7. The average molecular weight is 326 g/mol. The molecule has 2 aromatic rings. The van der Waals surface area contributed by atoms with Gasteiger partial charge in [0.05, 0.1) is 12.8 Å². The van der Waals surface area contributed by atoms with Crippen LogP contribution in [0.4, 0.5) is 0 Å². The third kappa shape index (κ3) is 5.52. The summed E-state index contributed by atoms with van der Waals surface area (Å²) in [6, 6.07) is 16.1. The lowest BCUT2D eigenvalue weighted by atomic mass is 10.1. The fourth-order valence-corrected chi connectivity index (χ4v) is 2.00. The predicted molar refractivity (Wildman–Crippen MR) is 94.0 cm³/mol. The van der Waals surface area contributed by atoms with Gasteiger partial charge in [-0.3, -0.25) is 4.79 Å². The number of nitrogens with one attached hydrogen (secondary N) is 1. The summed E-state index contributed by atoms with van der Waals surface area (Å²) in [5.74, 6) is 0.237. The molecule has 2 rings (SSSR count). The van der Waals surface area contributed by atoms with Crippen LogP contribution in [0.2, 0.25) is 0 Å². The molecule has 2 aromatic carbocycles. The third-order valence-electron chi connectivity index (χ3n) is 3.40. The van der Waals surface area contributed by atoms with Crippen molar-refractivity contribution in [2.75, 3.05) is 6.61 Å². The van der Waals surface area contributed by atoms with Crippen LogP contribution < -0.4 is 10.2 Å². The van der Waals surface area contributed by atoms with Crippen LogP contribution in [0.1, 0.15) is 37.0 Å². The molecule has 2 N–H and O–H groups in total. The third-order valence-corrected chi connectivity index (χ3v) is 3.40. The second-order valence-electron chi connectivity index (χ2n) is 5.32. The number of nitrogens with zero attached hydrogens (tertiary/aromatic N) is 1. The molecular formula is C19H22N2O3. The van der Waals surface area contributed by atoms with Crippen molar-refractivity contribution in [3.05, 3.63) is 65.7 Å². The first kappa shape index (κ1) is 17.7. The number of amides is 1. The van der Waals surface area contributed by atoms with E-state index >= 15 is 0 Å². The number of carbonyl (C=O) groups is 1. The Morgan fingerprint density at radius 2 is 1.92 bits per heavy atom. The van der Waals surface area contributed by atoms with Gasteiger partial charge in [-0.1, -0.05) is 43.7 Å². The van der Waals surface area contributed by atoms with E-state index in [-0.39, 0.29) is 0 Å². The molecule has 5 nitrogen and oxygen atoms in total. The molecule has 1 amide bonds. The van der Waals surface area contributed by atoms with E-state index in [4.69, 9.17) is 4.74 Å². The number of hydrazone groups is 1. The van der Waals surface area contributed by atoms with Crippen LogP contribution >= 0.6 is 0 Å². The van der Waals surface area contributed by atoms with Gasteiger partial charge >= 0.3 is 0 Å². The number of hydrogen-bond donors (Lipinski definition) is 2. The van der Waals surface area contributed by atoms with Crippen LogP contribution in [-0.2, 0) is 4.79 Å². The van der Waals surface area contributed by atoms with E-state index in [0.29, 0.717) is 12.2 Å². The smallest absolute Gasteiger partial charge is 0.273 e. The molecular weight excluding hydrogens is 304 g/mol. The van der Waals surface area contributed by atoms with Crippen molar-refractivity contribution in [3.8, 4) is 5.75 Å². The molecule has 126 valence electrons. The lowest BCUT2D eigenvalue weighted by Gasteiger charge is -2.08. The molecule has 0 aliphatic rings. The van der Waals surface area contributed by atoms with Crippen molar-refractivity contribution in [1.29, 1.82) is 0 Å². The van der Waals surface area contributed by atoms with E-state index in [1.54, 1.807) is 24.3 Å². The summed E-state index contributed by atoms with van der Waals surface area (Å²) in [5, 5.41) is 13.8. The molecule has 0 aliphatic heterocycles. The normalized spacial score (nSPS) is 12.1. The molecule has 5 heteroatoms. The van der Waals surface area contributed by atoms with Crippen molar-refractivity contribution in [2.45, 2.75) is 25.9 Å². The zero-order valence-electron chi connectivity index (χ0n) is 13.7. The first-order valence-corrected chi connectivity index (χ1v) is 7.99. The molecule has 0 aromatic heterocycles. The lowest BCUT2D eigenvalue weighted by Crippen LogP contribution is -2.25. The largest absolute Gasteiger partial charge is 0.494 e. The molecule has 0 saturated carbocycles. The van der Waals surface area contributed by atoms with Crippen LogP contribution in [0.5, 0.6) is 5.75 Å². The molecule has 1 unspecified atom stereocenters. The lowest BCUT2D eigenvalue weighted by molar-refractivity contribution is -0.129. The minimum absolute atomic E-state index is 0.527. The Labute approximate surface area is 142 Å². The van der Waals surface area contributed by atoms with E-state index in [2.05, 4.69) is 17.5 Å². The summed E-state index contributed by atoms with van der Waals surface area (Å²) in [6.45, 7) is 2.82. The predicted octanol–water partition coefficient (Wildman–Crippen LogP) is 3.05. The fraction of sp³-hybridized carbons (Fsp3) is 0.263. The minimum Gasteiger partial charge on any atom is -0.494 e. The van der Waals surface area contributed by atoms with Crippen molar-refractivity contribution < 1.29 is 14.6 Å². The number of aliphatic hydroxyl groups excluding tert-OH is 1. The van der Waals surface area contributed by atoms with Gasteiger partial charge in [0, 0.05) is 0 Å². The van der Waals surface area contributed by atoms with Gasteiger partial charge in [0.1, 0.15) is 5.75 Å². The van der Waals surface area contributed by atoms with Gasteiger partial charge in [-0.2, -0.15) is 5.10 Å². The van der Waals surface area contributed by atoms with E-state index in [0.717, 1.165) is 24.2 Å². The van der Waals surface area contributed by atoms with Gasteiger partial charge in [-0.05, 0) is 41.8 Å². The second-order valence-corrected chi connectivity index (χ2v) is 5.32. The Hall–Kier alpha value is -2.66. The van der Waals surface area contributed by atoms with E-state index < -0.39 is 12.0 Å². The standard InChI is InChI=1S/C19H22N2O3/c1-2-3-13-24-17-11-9-15(10-12-17)14-20-21-19(23)18(22)16-7-5-4-6-8-16/h4-12,14,18,22H,2-3,13H2,1H3,(H,21,23). The Kier molecular flexibility index (Phi) is 6.98. The molecule has 24 heavy (non-hydrogen) atoms. The van der Waals surface area contributed by atoms with Gasteiger partial charge in [0.15, 0.2) is 6.10 Å². The Morgan fingerprint density at radius 3 is 2.58 bits per heavy atom. The maximum absolute atomic E-state index is 11.8. The molecule has 0 heterocycles. The van der Waals surface area contributed by atoms with Crippen molar-refractivity contribution in [1.82, 2.24) is 5.43 Å². The Morgan fingerprint density at radius 1 is 1.21 bits per heavy atom. The summed E-state index contributed by atoms with van der Waals surface area (Å²) in [7, 11) is 0. The van der Waals surface area contributed by atoms with E-state index in [1.807, 2.05) is 30.3 Å². The van der Waals surface area contributed by atoms with Crippen LogP contribution in [0.25, 0.3) is 0 Å². The zero-order chi connectivity index (χ0) is 17.2. The maximum atomic E-state index is 11.8. The zero-order valence-corrected chi connectivity index (χ0v) is 13.7. The Balaban J connectivity index is 1.84. The maximum Gasteiger partial charge on any atom is 0.273 e.